The number of halogens is 3. The number of terminal acetylenes is 1. The van der Waals surface area contributed by atoms with Gasteiger partial charge in [0.2, 0.25) is 0 Å². The van der Waals surface area contributed by atoms with Crippen molar-refractivity contribution in [3.05, 3.63) is 35.5 Å². The van der Waals surface area contributed by atoms with Crippen LogP contribution in [-0.2, 0) is 4.74 Å². The summed E-state index contributed by atoms with van der Waals surface area (Å²) in [6, 6.07) is 5.65. The molecule has 0 saturated heterocycles. The van der Waals surface area contributed by atoms with Crippen LogP contribution in [0.25, 0.3) is 11.3 Å². The Hall–Kier alpha value is -2.92. The Morgan fingerprint density at radius 3 is 2.54 bits per heavy atom. The van der Waals surface area contributed by atoms with E-state index in [1.54, 1.807) is 7.11 Å². The molecule has 1 aromatic heterocycles. The number of anilines is 1. The highest BCUT2D eigenvalue weighted by Gasteiger charge is 2.31. The van der Waals surface area contributed by atoms with Crippen molar-refractivity contribution in [2.45, 2.75) is 26.3 Å². The summed E-state index contributed by atoms with van der Waals surface area (Å²) in [5, 5.41) is 3.19. The zero-order chi connectivity index (χ0) is 20.9. The maximum absolute atomic E-state index is 12.4. The molecule has 150 valence electrons. The van der Waals surface area contributed by atoms with Crippen LogP contribution in [-0.4, -0.2) is 38.2 Å². The third-order valence-electron chi connectivity index (χ3n) is 3.99. The molecule has 0 radical (unpaired) electrons. The number of alkyl halides is 3. The first-order valence-electron chi connectivity index (χ1n) is 8.37. The summed E-state index contributed by atoms with van der Waals surface area (Å²) in [5.74, 6) is 2.34. The van der Waals surface area contributed by atoms with E-state index < -0.39 is 6.36 Å². The van der Waals surface area contributed by atoms with Gasteiger partial charge in [0.15, 0.2) is 0 Å². The summed E-state index contributed by atoms with van der Waals surface area (Å²) in [6.07, 6.45) is 0.782. The fourth-order valence-corrected chi connectivity index (χ4v) is 2.53. The van der Waals surface area contributed by atoms with Crippen molar-refractivity contribution >= 4 is 5.69 Å². The van der Waals surface area contributed by atoms with Crippen LogP contribution in [0.4, 0.5) is 18.9 Å². The van der Waals surface area contributed by atoms with Crippen molar-refractivity contribution in [3.63, 3.8) is 0 Å². The molecule has 2 rings (SSSR count). The minimum Gasteiger partial charge on any atom is -0.496 e. The van der Waals surface area contributed by atoms with E-state index in [1.165, 1.54) is 19.2 Å². The molecule has 1 aromatic carbocycles. The van der Waals surface area contributed by atoms with Crippen molar-refractivity contribution in [1.29, 1.82) is 0 Å². The van der Waals surface area contributed by atoms with E-state index in [-0.39, 0.29) is 17.6 Å². The summed E-state index contributed by atoms with van der Waals surface area (Å²) < 4.78 is 51.7. The van der Waals surface area contributed by atoms with Crippen LogP contribution in [0, 0.1) is 19.3 Å². The first kappa shape index (κ1) is 21.4. The second kappa shape index (κ2) is 8.85. The van der Waals surface area contributed by atoms with Crippen LogP contribution in [0.3, 0.4) is 0 Å². The molecule has 0 amide bonds. The predicted octanol–water partition coefficient (Wildman–Crippen LogP) is 4.39. The molecule has 0 bridgehead atoms. The third kappa shape index (κ3) is 5.30. The number of ether oxygens (including phenoxy) is 3. The number of nitrogens with one attached hydrogen (secondary N) is 1. The summed E-state index contributed by atoms with van der Waals surface area (Å²) in [7, 11) is 2.97. The summed E-state index contributed by atoms with van der Waals surface area (Å²) in [5.41, 5.74) is 2.83. The van der Waals surface area contributed by atoms with Crippen LogP contribution in [0.1, 0.15) is 18.2 Å². The van der Waals surface area contributed by atoms with Gasteiger partial charge >= 0.3 is 6.36 Å². The Bertz CT molecular complexity index is 876. The zero-order valence-corrected chi connectivity index (χ0v) is 16.0. The number of methoxy groups -OCH3 is 2. The van der Waals surface area contributed by atoms with Crippen molar-refractivity contribution in [2.24, 2.45) is 0 Å². The predicted molar refractivity (Wildman–Crippen MR) is 101 cm³/mol. The molecule has 0 spiro atoms. The fourth-order valence-electron chi connectivity index (χ4n) is 2.53. The standard InChI is InChI=1S/C20H21F3N2O3/c1-6-16-17(24-11-13(3)26-4)9-12(2)19(25-16)15-8-7-14(10-18(15)27-5)28-20(21,22)23/h1,7-10,13,24H,11H2,2-5H3/t13-/m0/s1. The van der Waals surface area contributed by atoms with E-state index in [9.17, 15) is 13.2 Å². The smallest absolute Gasteiger partial charge is 0.496 e. The molecule has 0 unspecified atom stereocenters. The van der Waals surface area contributed by atoms with Crippen LogP contribution in [0.5, 0.6) is 11.5 Å². The van der Waals surface area contributed by atoms with Crippen LogP contribution < -0.4 is 14.8 Å². The van der Waals surface area contributed by atoms with E-state index in [4.69, 9.17) is 15.9 Å². The minimum atomic E-state index is -4.79. The molecule has 5 nitrogen and oxygen atoms in total. The molecule has 0 aliphatic carbocycles. The lowest BCUT2D eigenvalue weighted by Crippen LogP contribution is -2.19. The van der Waals surface area contributed by atoms with Crippen molar-refractivity contribution in [1.82, 2.24) is 4.98 Å². The molecule has 8 heteroatoms. The lowest BCUT2D eigenvalue weighted by molar-refractivity contribution is -0.274. The van der Waals surface area contributed by atoms with Gasteiger partial charge in [-0.2, -0.15) is 0 Å². The number of rotatable bonds is 7. The maximum atomic E-state index is 12.4. The van der Waals surface area contributed by atoms with Gasteiger partial charge in [0.25, 0.3) is 0 Å². The molecule has 2 aromatic rings. The Morgan fingerprint density at radius 1 is 1.25 bits per heavy atom. The van der Waals surface area contributed by atoms with E-state index in [1.807, 2.05) is 19.9 Å². The van der Waals surface area contributed by atoms with Crippen molar-refractivity contribution < 1.29 is 27.4 Å². The van der Waals surface area contributed by atoms with Gasteiger partial charge in [0.05, 0.1) is 24.6 Å². The first-order chi connectivity index (χ1) is 13.2. The molecule has 28 heavy (non-hydrogen) atoms. The molecule has 0 aliphatic heterocycles. The van der Waals surface area contributed by atoms with Crippen molar-refractivity contribution in [2.75, 3.05) is 26.1 Å². The third-order valence-corrected chi connectivity index (χ3v) is 3.99. The Kier molecular flexibility index (Phi) is 6.75. The molecular weight excluding hydrogens is 373 g/mol. The molecule has 0 saturated carbocycles. The van der Waals surface area contributed by atoms with Gasteiger partial charge in [0, 0.05) is 25.3 Å². The van der Waals surface area contributed by atoms with E-state index >= 15 is 0 Å². The number of aryl methyl sites for hydroxylation is 1. The number of hydrogen-bond acceptors (Lipinski definition) is 5. The highest BCUT2D eigenvalue weighted by molar-refractivity contribution is 5.74. The second-order valence-corrected chi connectivity index (χ2v) is 6.03. The molecule has 0 aliphatic rings. The molecule has 1 heterocycles. The Morgan fingerprint density at radius 2 is 1.96 bits per heavy atom. The van der Waals surface area contributed by atoms with E-state index in [0.29, 0.717) is 29.2 Å². The number of aromatic nitrogens is 1. The number of pyridine rings is 1. The van der Waals surface area contributed by atoms with Crippen LogP contribution in [0.2, 0.25) is 0 Å². The maximum Gasteiger partial charge on any atom is 0.573 e. The quantitative estimate of drug-likeness (QED) is 0.706. The normalized spacial score (nSPS) is 12.2. The largest absolute Gasteiger partial charge is 0.573 e. The lowest BCUT2D eigenvalue weighted by Gasteiger charge is -2.17. The summed E-state index contributed by atoms with van der Waals surface area (Å²) in [4.78, 5) is 4.50. The van der Waals surface area contributed by atoms with Gasteiger partial charge < -0.3 is 19.5 Å². The Balaban J connectivity index is 2.43. The second-order valence-electron chi connectivity index (χ2n) is 6.03. The lowest BCUT2D eigenvalue weighted by atomic mass is 10.0. The summed E-state index contributed by atoms with van der Waals surface area (Å²) >= 11 is 0. The topological polar surface area (TPSA) is 52.6 Å². The average molecular weight is 394 g/mol. The fraction of sp³-hybridized carbons (Fsp3) is 0.350. The molecule has 1 N–H and O–H groups in total. The molecular formula is C20H21F3N2O3. The van der Waals surface area contributed by atoms with Crippen molar-refractivity contribution in [3.8, 4) is 35.1 Å². The molecule has 1 atom stereocenters. The number of hydrogen-bond donors (Lipinski definition) is 1. The summed E-state index contributed by atoms with van der Waals surface area (Å²) in [6.45, 7) is 4.28. The van der Waals surface area contributed by atoms with Gasteiger partial charge in [-0.15, -0.1) is 19.6 Å². The van der Waals surface area contributed by atoms with Crippen LogP contribution >= 0.6 is 0 Å². The number of benzene rings is 1. The highest BCUT2D eigenvalue weighted by atomic mass is 19.4. The van der Waals surface area contributed by atoms with Gasteiger partial charge in [-0.1, -0.05) is 0 Å². The first-order valence-corrected chi connectivity index (χ1v) is 8.37. The van der Waals surface area contributed by atoms with E-state index in [2.05, 4.69) is 21.0 Å². The molecule has 0 fully saturated rings. The highest BCUT2D eigenvalue weighted by Crippen LogP contribution is 2.36. The van der Waals surface area contributed by atoms with Gasteiger partial charge in [-0.05, 0) is 43.5 Å². The van der Waals surface area contributed by atoms with Gasteiger partial charge in [0.1, 0.15) is 17.2 Å². The van der Waals surface area contributed by atoms with Crippen LogP contribution in [0.15, 0.2) is 24.3 Å². The van der Waals surface area contributed by atoms with Gasteiger partial charge in [-0.25, -0.2) is 4.98 Å². The number of nitrogens with zero attached hydrogens (tertiary/aromatic N) is 1. The minimum absolute atomic E-state index is 0.0214. The zero-order valence-electron chi connectivity index (χ0n) is 16.0. The average Bonchev–Trinajstić information content (AvgIpc) is 2.64. The van der Waals surface area contributed by atoms with Gasteiger partial charge in [-0.3, -0.25) is 0 Å². The SMILES string of the molecule is C#Cc1nc(-c2ccc(OC(F)(F)F)cc2OC)c(C)cc1NC[C@H](C)OC. The Labute approximate surface area is 161 Å². The monoisotopic (exact) mass is 394 g/mol. The van der Waals surface area contributed by atoms with E-state index in [0.717, 1.165) is 11.6 Å².